The Balaban J connectivity index is 2.70. The second-order valence-corrected chi connectivity index (χ2v) is 4.54. The van der Waals surface area contributed by atoms with Crippen molar-refractivity contribution in [1.29, 1.82) is 0 Å². The molecule has 0 radical (unpaired) electrons. The van der Waals surface area contributed by atoms with Crippen molar-refractivity contribution in [2.75, 3.05) is 26.3 Å². The molecule has 16 heavy (non-hydrogen) atoms. The fourth-order valence-corrected chi connectivity index (χ4v) is 2.25. The number of nitrogens with one attached hydrogen (secondary N) is 1. The molecule has 3 heteroatoms. The Morgan fingerprint density at radius 3 is 2.69 bits per heavy atom. The third kappa shape index (κ3) is 4.24. The largest absolute Gasteiger partial charge is 0.381 e. The van der Waals surface area contributed by atoms with Gasteiger partial charge in [-0.3, -0.25) is 0 Å². The molecule has 0 aliphatic rings. The van der Waals surface area contributed by atoms with Gasteiger partial charge >= 0.3 is 0 Å². The number of halogens is 1. The maximum atomic E-state index is 5.54. The molecule has 90 valence electrons. The van der Waals surface area contributed by atoms with Crippen LogP contribution >= 0.6 is 15.9 Å². The SMILES string of the molecule is CCNCC(COCC)c1ccccc1Br. The fraction of sp³-hybridized carbons (Fsp3) is 0.538. The van der Waals surface area contributed by atoms with Crippen molar-refractivity contribution in [3.63, 3.8) is 0 Å². The van der Waals surface area contributed by atoms with Crippen LogP contribution in [0, 0.1) is 0 Å². The zero-order chi connectivity index (χ0) is 11.8. The number of ether oxygens (including phenoxy) is 1. The Bertz CT molecular complexity index is 296. The summed E-state index contributed by atoms with van der Waals surface area (Å²) in [5.41, 5.74) is 1.32. The molecule has 0 aromatic heterocycles. The van der Waals surface area contributed by atoms with Crippen LogP contribution < -0.4 is 5.32 Å². The molecule has 1 aromatic carbocycles. The van der Waals surface area contributed by atoms with Crippen molar-refractivity contribution in [1.82, 2.24) is 5.32 Å². The molecule has 2 nitrogen and oxygen atoms in total. The molecular weight excluding hydrogens is 266 g/mol. The molecule has 0 aliphatic heterocycles. The number of hydrogen-bond donors (Lipinski definition) is 1. The van der Waals surface area contributed by atoms with Crippen LogP contribution in [0.15, 0.2) is 28.7 Å². The molecule has 0 bridgehead atoms. The molecule has 1 rings (SSSR count). The quantitative estimate of drug-likeness (QED) is 0.831. The monoisotopic (exact) mass is 285 g/mol. The Hall–Kier alpha value is -0.380. The zero-order valence-corrected chi connectivity index (χ0v) is 11.6. The maximum Gasteiger partial charge on any atom is 0.0547 e. The first-order valence-electron chi connectivity index (χ1n) is 5.82. The fourth-order valence-electron chi connectivity index (χ4n) is 1.64. The summed E-state index contributed by atoms with van der Waals surface area (Å²) in [5, 5.41) is 3.38. The predicted octanol–water partition coefficient (Wildman–Crippen LogP) is 3.18. The number of hydrogen-bond acceptors (Lipinski definition) is 2. The van der Waals surface area contributed by atoms with Crippen LogP contribution in [0.4, 0.5) is 0 Å². The lowest BCUT2D eigenvalue weighted by molar-refractivity contribution is 0.131. The van der Waals surface area contributed by atoms with E-state index in [1.54, 1.807) is 0 Å². The highest BCUT2D eigenvalue weighted by Crippen LogP contribution is 2.24. The first-order chi connectivity index (χ1) is 7.79. The van der Waals surface area contributed by atoms with Crippen LogP contribution in [-0.2, 0) is 4.74 Å². The van der Waals surface area contributed by atoms with Crippen molar-refractivity contribution in [2.24, 2.45) is 0 Å². The minimum atomic E-state index is 0.412. The second-order valence-electron chi connectivity index (χ2n) is 3.69. The second kappa shape index (κ2) is 7.82. The lowest BCUT2D eigenvalue weighted by atomic mass is 10.00. The maximum absolute atomic E-state index is 5.54. The standard InChI is InChI=1S/C13H20BrNO/c1-3-15-9-11(10-16-4-2)12-7-5-6-8-13(12)14/h5-8,11,15H,3-4,9-10H2,1-2H3. The Labute approximate surface area is 107 Å². The van der Waals surface area contributed by atoms with Gasteiger partial charge < -0.3 is 10.1 Å². The zero-order valence-electron chi connectivity index (χ0n) is 10.0. The van der Waals surface area contributed by atoms with Gasteiger partial charge in [-0.15, -0.1) is 0 Å². The van der Waals surface area contributed by atoms with E-state index >= 15 is 0 Å². The molecule has 0 amide bonds. The van der Waals surface area contributed by atoms with E-state index in [0.717, 1.165) is 30.8 Å². The van der Waals surface area contributed by atoms with Crippen LogP contribution in [-0.4, -0.2) is 26.3 Å². The van der Waals surface area contributed by atoms with Gasteiger partial charge in [0.05, 0.1) is 6.61 Å². The van der Waals surface area contributed by atoms with Crippen molar-refractivity contribution >= 4 is 15.9 Å². The first-order valence-corrected chi connectivity index (χ1v) is 6.61. The molecule has 0 spiro atoms. The van der Waals surface area contributed by atoms with E-state index in [9.17, 15) is 0 Å². The molecule has 1 unspecified atom stereocenters. The molecule has 0 saturated carbocycles. The van der Waals surface area contributed by atoms with Crippen LogP contribution in [0.25, 0.3) is 0 Å². The van der Waals surface area contributed by atoms with Gasteiger partial charge in [0.25, 0.3) is 0 Å². The molecule has 0 saturated heterocycles. The Morgan fingerprint density at radius 1 is 1.31 bits per heavy atom. The van der Waals surface area contributed by atoms with Gasteiger partial charge in [0.2, 0.25) is 0 Å². The molecule has 1 aromatic rings. The Kier molecular flexibility index (Phi) is 6.69. The summed E-state index contributed by atoms with van der Waals surface area (Å²) in [6.07, 6.45) is 0. The molecule has 0 fully saturated rings. The average Bonchev–Trinajstić information content (AvgIpc) is 2.31. The van der Waals surface area contributed by atoms with Crippen LogP contribution in [0.3, 0.4) is 0 Å². The summed E-state index contributed by atoms with van der Waals surface area (Å²) in [5.74, 6) is 0.412. The van der Waals surface area contributed by atoms with E-state index < -0.39 is 0 Å². The third-order valence-electron chi connectivity index (χ3n) is 2.51. The highest BCUT2D eigenvalue weighted by atomic mass is 79.9. The van der Waals surface area contributed by atoms with Crippen molar-refractivity contribution in [2.45, 2.75) is 19.8 Å². The van der Waals surface area contributed by atoms with Gasteiger partial charge in [0.15, 0.2) is 0 Å². The van der Waals surface area contributed by atoms with Gasteiger partial charge in [-0.05, 0) is 25.1 Å². The molecular formula is C13H20BrNO. The smallest absolute Gasteiger partial charge is 0.0547 e. The third-order valence-corrected chi connectivity index (χ3v) is 3.23. The molecule has 0 aliphatic carbocycles. The summed E-state index contributed by atoms with van der Waals surface area (Å²) >= 11 is 3.60. The molecule has 1 atom stereocenters. The lowest BCUT2D eigenvalue weighted by Crippen LogP contribution is -2.24. The number of benzene rings is 1. The van der Waals surface area contributed by atoms with Crippen LogP contribution in [0.1, 0.15) is 25.3 Å². The van der Waals surface area contributed by atoms with E-state index in [-0.39, 0.29) is 0 Å². The lowest BCUT2D eigenvalue weighted by Gasteiger charge is -2.18. The van der Waals surface area contributed by atoms with E-state index in [1.165, 1.54) is 5.56 Å². The summed E-state index contributed by atoms with van der Waals surface area (Å²) in [7, 11) is 0. The van der Waals surface area contributed by atoms with Gasteiger partial charge in [-0.25, -0.2) is 0 Å². The number of rotatable bonds is 7. The van der Waals surface area contributed by atoms with E-state index in [1.807, 2.05) is 13.0 Å². The van der Waals surface area contributed by atoms with Crippen molar-refractivity contribution in [3.05, 3.63) is 34.3 Å². The number of likely N-dealkylation sites (N-methyl/N-ethyl adjacent to an activating group) is 1. The van der Waals surface area contributed by atoms with Crippen LogP contribution in [0.5, 0.6) is 0 Å². The average molecular weight is 286 g/mol. The highest BCUT2D eigenvalue weighted by molar-refractivity contribution is 9.10. The summed E-state index contributed by atoms with van der Waals surface area (Å²) in [6, 6.07) is 8.36. The summed E-state index contributed by atoms with van der Waals surface area (Å²) in [6.45, 7) is 7.65. The summed E-state index contributed by atoms with van der Waals surface area (Å²) in [4.78, 5) is 0. The highest BCUT2D eigenvalue weighted by Gasteiger charge is 2.13. The van der Waals surface area contributed by atoms with Crippen molar-refractivity contribution < 1.29 is 4.74 Å². The molecule has 1 N–H and O–H groups in total. The minimum absolute atomic E-state index is 0.412. The van der Waals surface area contributed by atoms with E-state index in [2.05, 4.69) is 46.4 Å². The van der Waals surface area contributed by atoms with E-state index in [4.69, 9.17) is 4.74 Å². The predicted molar refractivity (Wildman–Crippen MR) is 71.9 cm³/mol. The van der Waals surface area contributed by atoms with Gasteiger partial charge in [0, 0.05) is 23.5 Å². The van der Waals surface area contributed by atoms with Gasteiger partial charge in [-0.2, -0.15) is 0 Å². The Morgan fingerprint density at radius 2 is 2.06 bits per heavy atom. The van der Waals surface area contributed by atoms with Crippen LogP contribution in [0.2, 0.25) is 0 Å². The van der Waals surface area contributed by atoms with Gasteiger partial charge in [-0.1, -0.05) is 41.1 Å². The minimum Gasteiger partial charge on any atom is -0.381 e. The first kappa shape index (κ1) is 13.7. The topological polar surface area (TPSA) is 21.3 Å². The summed E-state index contributed by atoms with van der Waals surface area (Å²) < 4.78 is 6.71. The molecule has 0 heterocycles. The van der Waals surface area contributed by atoms with E-state index in [0.29, 0.717) is 5.92 Å². The normalized spacial score (nSPS) is 12.7. The van der Waals surface area contributed by atoms with Crippen molar-refractivity contribution in [3.8, 4) is 0 Å². The van der Waals surface area contributed by atoms with Gasteiger partial charge in [0.1, 0.15) is 0 Å².